The minimum absolute atomic E-state index is 0.246. The highest BCUT2D eigenvalue weighted by atomic mass is 19.1. The SMILES string of the molecule is CCN(c1ccc(C)cc1)c1ccc(F)cc1CN. The molecule has 0 aliphatic carbocycles. The highest BCUT2D eigenvalue weighted by Crippen LogP contribution is 2.29. The van der Waals surface area contributed by atoms with E-state index in [2.05, 4.69) is 43.0 Å². The summed E-state index contributed by atoms with van der Waals surface area (Å²) in [5.41, 5.74) is 9.82. The fourth-order valence-corrected chi connectivity index (χ4v) is 2.20. The molecule has 0 aliphatic rings. The van der Waals surface area contributed by atoms with Gasteiger partial charge in [0.15, 0.2) is 0 Å². The number of anilines is 2. The van der Waals surface area contributed by atoms with Crippen LogP contribution in [0.1, 0.15) is 18.1 Å². The Hall–Kier alpha value is -1.87. The number of halogens is 1. The number of hydrogen-bond acceptors (Lipinski definition) is 2. The first-order chi connectivity index (χ1) is 9.15. The maximum atomic E-state index is 13.3. The van der Waals surface area contributed by atoms with E-state index in [4.69, 9.17) is 5.73 Å². The lowest BCUT2D eigenvalue weighted by Gasteiger charge is -2.26. The Labute approximate surface area is 113 Å². The van der Waals surface area contributed by atoms with Gasteiger partial charge in [-0.3, -0.25) is 0 Å². The summed E-state index contributed by atoms with van der Waals surface area (Å²) >= 11 is 0. The average molecular weight is 258 g/mol. The third-order valence-electron chi connectivity index (χ3n) is 3.21. The molecule has 3 heteroatoms. The van der Waals surface area contributed by atoms with Crippen molar-refractivity contribution in [2.24, 2.45) is 5.73 Å². The fraction of sp³-hybridized carbons (Fsp3) is 0.250. The molecule has 100 valence electrons. The van der Waals surface area contributed by atoms with Crippen molar-refractivity contribution in [1.29, 1.82) is 0 Å². The first-order valence-corrected chi connectivity index (χ1v) is 6.48. The van der Waals surface area contributed by atoms with Crippen LogP contribution in [0.3, 0.4) is 0 Å². The maximum absolute atomic E-state index is 13.3. The van der Waals surface area contributed by atoms with Crippen LogP contribution < -0.4 is 10.6 Å². The molecule has 0 bridgehead atoms. The Kier molecular flexibility index (Phi) is 4.17. The van der Waals surface area contributed by atoms with Crippen molar-refractivity contribution < 1.29 is 4.39 Å². The van der Waals surface area contributed by atoms with Crippen molar-refractivity contribution >= 4 is 11.4 Å². The number of hydrogen-bond donors (Lipinski definition) is 1. The summed E-state index contributed by atoms with van der Waals surface area (Å²) in [6.07, 6.45) is 0. The molecule has 2 nitrogen and oxygen atoms in total. The van der Waals surface area contributed by atoms with Crippen molar-refractivity contribution in [2.75, 3.05) is 11.4 Å². The molecule has 2 rings (SSSR count). The van der Waals surface area contributed by atoms with Crippen molar-refractivity contribution in [3.63, 3.8) is 0 Å². The predicted molar refractivity (Wildman–Crippen MR) is 78.2 cm³/mol. The Morgan fingerprint density at radius 1 is 1.11 bits per heavy atom. The summed E-state index contributed by atoms with van der Waals surface area (Å²) < 4.78 is 13.3. The molecule has 2 aromatic carbocycles. The smallest absolute Gasteiger partial charge is 0.123 e. The molecule has 0 amide bonds. The number of rotatable bonds is 4. The topological polar surface area (TPSA) is 29.3 Å². The molecule has 0 spiro atoms. The van der Waals surface area contributed by atoms with Crippen LogP contribution in [0.2, 0.25) is 0 Å². The predicted octanol–water partition coefficient (Wildman–Crippen LogP) is 3.75. The highest BCUT2D eigenvalue weighted by Gasteiger charge is 2.11. The molecule has 0 unspecified atom stereocenters. The van der Waals surface area contributed by atoms with Crippen molar-refractivity contribution in [1.82, 2.24) is 0 Å². The van der Waals surface area contributed by atoms with Crippen LogP contribution in [0.15, 0.2) is 42.5 Å². The van der Waals surface area contributed by atoms with E-state index in [1.165, 1.54) is 17.7 Å². The largest absolute Gasteiger partial charge is 0.342 e. The number of aryl methyl sites for hydroxylation is 1. The van der Waals surface area contributed by atoms with Crippen molar-refractivity contribution in [2.45, 2.75) is 20.4 Å². The number of nitrogens with two attached hydrogens (primary N) is 1. The molecule has 0 aliphatic heterocycles. The number of benzene rings is 2. The summed E-state index contributed by atoms with van der Waals surface area (Å²) in [5.74, 6) is -0.246. The molecule has 0 atom stereocenters. The summed E-state index contributed by atoms with van der Waals surface area (Å²) in [6, 6.07) is 13.1. The Balaban J connectivity index is 2.44. The zero-order valence-electron chi connectivity index (χ0n) is 11.4. The monoisotopic (exact) mass is 258 g/mol. The third kappa shape index (κ3) is 2.93. The van der Waals surface area contributed by atoms with Crippen LogP contribution in [0.5, 0.6) is 0 Å². The second-order valence-corrected chi connectivity index (χ2v) is 4.56. The molecule has 0 aromatic heterocycles. The van der Waals surface area contributed by atoms with E-state index < -0.39 is 0 Å². The van der Waals surface area contributed by atoms with E-state index in [-0.39, 0.29) is 5.82 Å². The van der Waals surface area contributed by atoms with Gasteiger partial charge in [-0.05, 0) is 49.7 Å². The lowest BCUT2D eigenvalue weighted by atomic mass is 10.1. The van der Waals surface area contributed by atoms with E-state index in [0.717, 1.165) is 23.5 Å². The maximum Gasteiger partial charge on any atom is 0.123 e. The van der Waals surface area contributed by atoms with E-state index in [1.54, 1.807) is 6.07 Å². The van der Waals surface area contributed by atoms with Gasteiger partial charge in [-0.1, -0.05) is 17.7 Å². The average Bonchev–Trinajstić information content (AvgIpc) is 2.43. The van der Waals surface area contributed by atoms with E-state index in [1.807, 2.05) is 0 Å². The molecule has 0 saturated carbocycles. The normalized spacial score (nSPS) is 10.5. The second kappa shape index (κ2) is 5.85. The van der Waals surface area contributed by atoms with Crippen LogP contribution in [0.25, 0.3) is 0 Å². The fourth-order valence-electron chi connectivity index (χ4n) is 2.20. The summed E-state index contributed by atoms with van der Waals surface area (Å²) in [4.78, 5) is 2.14. The molecule has 2 N–H and O–H groups in total. The van der Waals surface area contributed by atoms with Crippen LogP contribution in [0, 0.1) is 12.7 Å². The Morgan fingerprint density at radius 2 is 1.79 bits per heavy atom. The van der Waals surface area contributed by atoms with Gasteiger partial charge < -0.3 is 10.6 Å². The molecular weight excluding hydrogens is 239 g/mol. The van der Waals surface area contributed by atoms with E-state index in [0.29, 0.717) is 6.54 Å². The lowest BCUT2D eigenvalue weighted by Crippen LogP contribution is -2.18. The zero-order valence-corrected chi connectivity index (χ0v) is 11.4. The first kappa shape index (κ1) is 13.6. The molecule has 2 aromatic rings. The van der Waals surface area contributed by atoms with Crippen molar-refractivity contribution in [3.05, 3.63) is 59.4 Å². The van der Waals surface area contributed by atoms with Gasteiger partial charge >= 0.3 is 0 Å². The van der Waals surface area contributed by atoms with E-state index >= 15 is 0 Å². The molecular formula is C16H19FN2. The van der Waals surface area contributed by atoms with Gasteiger partial charge in [0.1, 0.15) is 5.82 Å². The molecule has 0 fully saturated rings. The van der Waals surface area contributed by atoms with Gasteiger partial charge in [0, 0.05) is 24.5 Å². The lowest BCUT2D eigenvalue weighted by molar-refractivity contribution is 0.625. The van der Waals surface area contributed by atoms with Crippen LogP contribution in [0.4, 0.5) is 15.8 Å². The molecule has 19 heavy (non-hydrogen) atoms. The Bertz CT molecular complexity index is 549. The van der Waals surface area contributed by atoms with Crippen molar-refractivity contribution in [3.8, 4) is 0 Å². The minimum atomic E-state index is -0.246. The first-order valence-electron chi connectivity index (χ1n) is 6.48. The standard InChI is InChI=1S/C16H19FN2/c1-3-19(15-7-4-12(2)5-8-15)16-9-6-14(17)10-13(16)11-18/h4-10H,3,11,18H2,1-2H3. The summed E-state index contributed by atoms with van der Waals surface area (Å²) in [5, 5.41) is 0. The van der Waals surface area contributed by atoms with Gasteiger partial charge in [-0.25, -0.2) is 4.39 Å². The van der Waals surface area contributed by atoms with Gasteiger partial charge in [-0.15, -0.1) is 0 Å². The van der Waals surface area contributed by atoms with Gasteiger partial charge in [0.2, 0.25) is 0 Å². The van der Waals surface area contributed by atoms with Crippen LogP contribution >= 0.6 is 0 Å². The molecule has 0 heterocycles. The summed E-state index contributed by atoms with van der Waals surface area (Å²) in [6.45, 7) is 5.27. The highest BCUT2D eigenvalue weighted by molar-refractivity contribution is 5.66. The third-order valence-corrected chi connectivity index (χ3v) is 3.21. The van der Waals surface area contributed by atoms with Gasteiger partial charge in [0.05, 0.1) is 0 Å². The second-order valence-electron chi connectivity index (χ2n) is 4.56. The minimum Gasteiger partial charge on any atom is -0.342 e. The van der Waals surface area contributed by atoms with E-state index in [9.17, 15) is 4.39 Å². The van der Waals surface area contributed by atoms with Gasteiger partial charge in [-0.2, -0.15) is 0 Å². The summed E-state index contributed by atoms with van der Waals surface area (Å²) in [7, 11) is 0. The number of nitrogens with zero attached hydrogens (tertiary/aromatic N) is 1. The van der Waals surface area contributed by atoms with Crippen LogP contribution in [-0.2, 0) is 6.54 Å². The van der Waals surface area contributed by atoms with Crippen LogP contribution in [-0.4, -0.2) is 6.54 Å². The van der Waals surface area contributed by atoms with Gasteiger partial charge in [0.25, 0.3) is 0 Å². The quantitative estimate of drug-likeness (QED) is 0.905. The Morgan fingerprint density at radius 3 is 2.37 bits per heavy atom. The zero-order chi connectivity index (χ0) is 13.8. The molecule has 0 radical (unpaired) electrons. The molecule has 0 saturated heterocycles.